The number of nitrogen functional groups attached to an aromatic ring is 1. The van der Waals surface area contributed by atoms with Crippen molar-refractivity contribution in [3.05, 3.63) is 11.3 Å². The Morgan fingerprint density at radius 3 is 2.81 bits per heavy atom. The van der Waals surface area contributed by atoms with E-state index in [0.717, 1.165) is 25.9 Å². The zero-order valence-corrected chi connectivity index (χ0v) is 10.5. The summed E-state index contributed by atoms with van der Waals surface area (Å²) < 4.78 is 0. The predicted molar refractivity (Wildman–Crippen MR) is 67.7 cm³/mol. The van der Waals surface area contributed by atoms with E-state index in [1.165, 1.54) is 6.33 Å². The van der Waals surface area contributed by atoms with Crippen molar-refractivity contribution >= 4 is 23.2 Å². The first-order valence-electron chi connectivity index (χ1n) is 5.26. The molecule has 0 amide bonds. The van der Waals surface area contributed by atoms with Crippen molar-refractivity contribution in [1.82, 2.24) is 14.9 Å². The minimum atomic E-state index is 0.312. The van der Waals surface area contributed by atoms with Gasteiger partial charge in [-0.15, -0.1) is 0 Å². The van der Waals surface area contributed by atoms with Gasteiger partial charge in [0.15, 0.2) is 0 Å². The van der Waals surface area contributed by atoms with Crippen molar-refractivity contribution in [3.8, 4) is 0 Å². The molecule has 0 bridgehead atoms. The molecule has 0 radical (unpaired) electrons. The van der Waals surface area contributed by atoms with Crippen LogP contribution in [0.3, 0.4) is 0 Å². The third-order valence-corrected chi connectivity index (χ3v) is 2.51. The summed E-state index contributed by atoms with van der Waals surface area (Å²) in [6.45, 7) is 1.92. The fraction of sp³-hybridized carbons (Fsp3) is 0.600. The standard InChI is InChI=1S/C10H18ClN5/c1-16(2)6-4-3-5-13-10-8(11)9(12)14-7-15-10/h7H,3-6H2,1-2H3,(H3,12,13,14,15). The Morgan fingerprint density at radius 2 is 2.12 bits per heavy atom. The molecule has 0 aromatic carbocycles. The molecule has 5 nitrogen and oxygen atoms in total. The monoisotopic (exact) mass is 243 g/mol. The largest absolute Gasteiger partial charge is 0.382 e. The third-order valence-electron chi connectivity index (χ3n) is 2.14. The van der Waals surface area contributed by atoms with Gasteiger partial charge in [0.1, 0.15) is 23.0 Å². The maximum Gasteiger partial charge on any atom is 0.150 e. The van der Waals surface area contributed by atoms with E-state index in [1.807, 2.05) is 0 Å². The lowest BCUT2D eigenvalue weighted by Crippen LogP contribution is -2.14. The molecule has 1 aromatic rings. The molecule has 1 heterocycles. The van der Waals surface area contributed by atoms with Crippen LogP contribution in [-0.4, -0.2) is 42.1 Å². The Hall–Kier alpha value is -1.07. The quantitative estimate of drug-likeness (QED) is 0.741. The molecule has 0 fully saturated rings. The summed E-state index contributed by atoms with van der Waals surface area (Å²) in [5, 5.41) is 3.54. The van der Waals surface area contributed by atoms with E-state index in [4.69, 9.17) is 17.3 Å². The maximum atomic E-state index is 5.94. The second-order valence-corrected chi connectivity index (χ2v) is 4.24. The highest BCUT2D eigenvalue weighted by atomic mass is 35.5. The van der Waals surface area contributed by atoms with E-state index in [0.29, 0.717) is 16.7 Å². The van der Waals surface area contributed by atoms with Gasteiger partial charge in [0.2, 0.25) is 0 Å². The van der Waals surface area contributed by atoms with Crippen LogP contribution in [0.1, 0.15) is 12.8 Å². The lowest BCUT2D eigenvalue weighted by atomic mass is 10.3. The highest BCUT2D eigenvalue weighted by Gasteiger charge is 2.04. The number of nitrogens with two attached hydrogens (primary N) is 1. The average molecular weight is 244 g/mol. The van der Waals surface area contributed by atoms with Crippen LogP contribution >= 0.6 is 11.6 Å². The summed E-state index contributed by atoms with van der Waals surface area (Å²) in [5.74, 6) is 0.923. The van der Waals surface area contributed by atoms with Gasteiger partial charge in [-0.25, -0.2) is 9.97 Å². The van der Waals surface area contributed by atoms with Crippen LogP contribution in [0, 0.1) is 0 Å². The number of halogens is 1. The van der Waals surface area contributed by atoms with Gasteiger partial charge in [-0.1, -0.05) is 11.6 Å². The Labute approximate surface area is 101 Å². The van der Waals surface area contributed by atoms with Gasteiger partial charge in [0, 0.05) is 6.54 Å². The molecule has 0 aliphatic rings. The molecule has 0 saturated carbocycles. The van der Waals surface area contributed by atoms with Gasteiger partial charge in [-0.2, -0.15) is 0 Å². The van der Waals surface area contributed by atoms with Gasteiger partial charge < -0.3 is 16.0 Å². The SMILES string of the molecule is CN(C)CCCCNc1ncnc(N)c1Cl. The van der Waals surface area contributed by atoms with Crippen molar-refractivity contribution in [2.24, 2.45) is 0 Å². The van der Waals surface area contributed by atoms with E-state index in [9.17, 15) is 0 Å². The summed E-state index contributed by atoms with van der Waals surface area (Å²) in [6, 6.07) is 0. The Morgan fingerprint density at radius 1 is 1.38 bits per heavy atom. The number of rotatable bonds is 6. The van der Waals surface area contributed by atoms with Crippen LogP contribution in [0.5, 0.6) is 0 Å². The molecular formula is C10H18ClN5. The molecule has 0 unspecified atom stereocenters. The molecule has 0 aliphatic heterocycles. The predicted octanol–water partition coefficient (Wildman–Crippen LogP) is 1.47. The number of nitrogens with one attached hydrogen (secondary N) is 1. The normalized spacial score (nSPS) is 10.8. The second kappa shape index (κ2) is 6.50. The minimum absolute atomic E-state index is 0.312. The van der Waals surface area contributed by atoms with Crippen LogP contribution in [0.2, 0.25) is 5.02 Å². The van der Waals surface area contributed by atoms with Crippen LogP contribution in [0.15, 0.2) is 6.33 Å². The highest BCUT2D eigenvalue weighted by molar-refractivity contribution is 6.35. The summed E-state index contributed by atoms with van der Waals surface area (Å²) in [6.07, 6.45) is 3.61. The van der Waals surface area contributed by atoms with E-state index in [2.05, 4.69) is 34.3 Å². The summed E-state index contributed by atoms with van der Waals surface area (Å²) in [5.41, 5.74) is 5.56. The van der Waals surface area contributed by atoms with Crippen LogP contribution in [0.25, 0.3) is 0 Å². The van der Waals surface area contributed by atoms with Gasteiger partial charge in [-0.3, -0.25) is 0 Å². The molecule has 1 rings (SSSR count). The van der Waals surface area contributed by atoms with Gasteiger partial charge in [0.05, 0.1) is 0 Å². The zero-order chi connectivity index (χ0) is 12.0. The first-order chi connectivity index (χ1) is 7.61. The van der Waals surface area contributed by atoms with E-state index in [-0.39, 0.29) is 0 Å². The van der Waals surface area contributed by atoms with Crippen molar-refractivity contribution in [2.75, 3.05) is 38.2 Å². The van der Waals surface area contributed by atoms with Gasteiger partial charge in [-0.05, 0) is 33.5 Å². The molecular weight excluding hydrogens is 226 g/mol. The van der Waals surface area contributed by atoms with Crippen LogP contribution < -0.4 is 11.1 Å². The maximum absolute atomic E-state index is 5.94. The smallest absolute Gasteiger partial charge is 0.150 e. The highest BCUT2D eigenvalue weighted by Crippen LogP contribution is 2.22. The minimum Gasteiger partial charge on any atom is -0.382 e. The number of aromatic nitrogens is 2. The Balaban J connectivity index is 2.29. The van der Waals surface area contributed by atoms with Crippen molar-refractivity contribution in [3.63, 3.8) is 0 Å². The molecule has 3 N–H and O–H groups in total. The summed E-state index contributed by atoms with van der Waals surface area (Å²) in [4.78, 5) is 9.98. The lowest BCUT2D eigenvalue weighted by molar-refractivity contribution is 0.396. The molecule has 0 spiro atoms. The van der Waals surface area contributed by atoms with E-state index >= 15 is 0 Å². The second-order valence-electron chi connectivity index (χ2n) is 3.86. The molecule has 90 valence electrons. The molecule has 16 heavy (non-hydrogen) atoms. The Bertz CT molecular complexity index is 329. The van der Waals surface area contributed by atoms with E-state index in [1.54, 1.807) is 0 Å². The summed E-state index contributed by atoms with van der Waals surface area (Å²) in [7, 11) is 4.13. The average Bonchev–Trinajstić information content (AvgIpc) is 2.23. The first-order valence-corrected chi connectivity index (χ1v) is 5.63. The fourth-order valence-corrected chi connectivity index (χ4v) is 1.43. The number of anilines is 2. The number of unbranched alkanes of at least 4 members (excludes halogenated alkanes) is 1. The zero-order valence-electron chi connectivity index (χ0n) is 9.70. The fourth-order valence-electron chi connectivity index (χ4n) is 1.27. The van der Waals surface area contributed by atoms with Crippen molar-refractivity contribution in [1.29, 1.82) is 0 Å². The number of hydrogen-bond donors (Lipinski definition) is 2. The molecule has 6 heteroatoms. The van der Waals surface area contributed by atoms with Crippen molar-refractivity contribution < 1.29 is 0 Å². The van der Waals surface area contributed by atoms with Crippen LogP contribution in [0.4, 0.5) is 11.6 Å². The first kappa shape index (κ1) is 13.0. The third kappa shape index (κ3) is 4.20. The molecule has 0 atom stereocenters. The molecule has 0 aliphatic carbocycles. The lowest BCUT2D eigenvalue weighted by Gasteiger charge is -2.10. The topological polar surface area (TPSA) is 67.1 Å². The van der Waals surface area contributed by atoms with E-state index < -0.39 is 0 Å². The van der Waals surface area contributed by atoms with Gasteiger partial charge >= 0.3 is 0 Å². The Kier molecular flexibility index (Phi) is 5.28. The molecule has 0 saturated heterocycles. The van der Waals surface area contributed by atoms with Crippen LogP contribution in [-0.2, 0) is 0 Å². The van der Waals surface area contributed by atoms with Crippen molar-refractivity contribution in [2.45, 2.75) is 12.8 Å². The molecule has 1 aromatic heterocycles. The summed E-state index contributed by atoms with van der Waals surface area (Å²) >= 11 is 5.94. The van der Waals surface area contributed by atoms with Gasteiger partial charge in [0.25, 0.3) is 0 Å². The number of nitrogens with zero attached hydrogens (tertiary/aromatic N) is 3. The number of hydrogen-bond acceptors (Lipinski definition) is 5.